The molecule has 0 amide bonds. The van der Waals surface area contributed by atoms with E-state index in [9.17, 15) is 12.8 Å². The molecule has 0 aromatic heterocycles. The van der Waals surface area contributed by atoms with Gasteiger partial charge in [0.2, 0.25) is 10.0 Å². The van der Waals surface area contributed by atoms with Crippen molar-refractivity contribution in [3.8, 4) is 0 Å². The molecule has 1 heterocycles. The topological polar surface area (TPSA) is 40.6 Å². The van der Waals surface area contributed by atoms with Crippen LogP contribution in [0.2, 0.25) is 5.02 Å². The van der Waals surface area contributed by atoms with Crippen molar-refractivity contribution in [2.45, 2.75) is 12.3 Å². The van der Waals surface area contributed by atoms with Gasteiger partial charge in [0.25, 0.3) is 0 Å². The molecule has 2 aromatic rings. The lowest BCUT2D eigenvalue weighted by Gasteiger charge is -2.34. The molecule has 0 aliphatic carbocycles. The maximum absolute atomic E-state index is 12.9. The second kappa shape index (κ2) is 7.83. The van der Waals surface area contributed by atoms with E-state index < -0.39 is 10.0 Å². The highest BCUT2D eigenvalue weighted by Gasteiger charge is 2.27. The summed E-state index contributed by atoms with van der Waals surface area (Å²) in [5.41, 5.74) is 1.76. The summed E-state index contributed by atoms with van der Waals surface area (Å²) in [5, 5.41) is 0.709. The highest BCUT2D eigenvalue weighted by atomic mass is 35.5. The minimum atomic E-state index is -3.38. The molecular formula is C18H20ClFN2O2S. The first-order valence-corrected chi connectivity index (χ1v) is 10.1. The van der Waals surface area contributed by atoms with Crippen LogP contribution in [0.25, 0.3) is 0 Å². The molecular weight excluding hydrogens is 363 g/mol. The summed E-state index contributed by atoms with van der Waals surface area (Å²) in [4.78, 5) is 2.23. The molecule has 7 heteroatoms. The van der Waals surface area contributed by atoms with Gasteiger partial charge in [0.05, 0.1) is 5.75 Å². The average molecular weight is 383 g/mol. The van der Waals surface area contributed by atoms with E-state index in [-0.39, 0.29) is 11.6 Å². The minimum Gasteiger partial charge on any atom is -0.296 e. The Labute approximate surface area is 152 Å². The molecule has 4 nitrogen and oxygen atoms in total. The van der Waals surface area contributed by atoms with Crippen molar-refractivity contribution in [1.29, 1.82) is 0 Å². The van der Waals surface area contributed by atoms with E-state index in [0.29, 0.717) is 36.8 Å². The van der Waals surface area contributed by atoms with E-state index in [0.717, 1.165) is 12.1 Å². The fraction of sp³-hybridized carbons (Fsp3) is 0.333. The van der Waals surface area contributed by atoms with Crippen LogP contribution in [0.4, 0.5) is 4.39 Å². The molecule has 1 fully saturated rings. The SMILES string of the molecule is O=S(=O)(Cc1ccc(F)cc1)N1CCN(Cc2ccc(Cl)cc2)CC1. The maximum atomic E-state index is 12.9. The largest absolute Gasteiger partial charge is 0.296 e. The first kappa shape index (κ1) is 18.3. The summed E-state index contributed by atoms with van der Waals surface area (Å²) in [5.74, 6) is -0.457. The van der Waals surface area contributed by atoms with Gasteiger partial charge in [-0.2, -0.15) is 4.31 Å². The third kappa shape index (κ3) is 5.01. The Morgan fingerprint density at radius 2 is 1.44 bits per heavy atom. The first-order valence-electron chi connectivity index (χ1n) is 8.11. The molecule has 0 bridgehead atoms. The number of sulfonamides is 1. The lowest BCUT2D eigenvalue weighted by atomic mass is 10.2. The number of piperazine rings is 1. The zero-order valence-electron chi connectivity index (χ0n) is 13.7. The lowest BCUT2D eigenvalue weighted by molar-refractivity contribution is 0.181. The number of halogens is 2. The Kier molecular flexibility index (Phi) is 5.74. The molecule has 1 aliphatic heterocycles. The number of hydrogen-bond donors (Lipinski definition) is 0. The number of rotatable bonds is 5. The Hall–Kier alpha value is -1.47. The second-order valence-corrected chi connectivity index (χ2v) is 8.59. The monoisotopic (exact) mass is 382 g/mol. The standard InChI is InChI=1S/C18H20ClFN2O2S/c19-17-5-1-15(2-6-17)13-21-9-11-22(12-10-21)25(23,24)14-16-3-7-18(20)8-4-16/h1-8H,9-14H2. The molecule has 25 heavy (non-hydrogen) atoms. The summed E-state index contributed by atoms with van der Waals surface area (Å²) in [7, 11) is -3.38. The second-order valence-electron chi connectivity index (χ2n) is 6.18. The molecule has 0 saturated carbocycles. The predicted molar refractivity (Wildman–Crippen MR) is 97.3 cm³/mol. The van der Waals surface area contributed by atoms with E-state index in [1.165, 1.54) is 28.6 Å². The third-order valence-electron chi connectivity index (χ3n) is 4.31. The van der Waals surface area contributed by atoms with Crippen LogP contribution in [-0.2, 0) is 22.3 Å². The quantitative estimate of drug-likeness (QED) is 0.797. The van der Waals surface area contributed by atoms with Crippen LogP contribution in [0.5, 0.6) is 0 Å². The van der Waals surface area contributed by atoms with Crippen molar-refractivity contribution in [3.63, 3.8) is 0 Å². The number of nitrogens with zero attached hydrogens (tertiary/aromatic N) is 2. The van der Waals surface area contributed by atoms with Gasteiger partial charge in [0.15, 0.2) is 0 Å². The van der Waals surface area contributed by atoms with Gasteiger partial charge < -0.3 is 0 Å². The normalized spacial score (nSPS) is 16.9. The van der Waals surface area contributed by atoms with Gasteiger partial charge in [0.1, 0.15) is 5.82 Å². The zero-order valence-corrected chi connectivity index (χ0v) is 15.3. The fourth-order valence-corrected chi connectivity index (χ4v) is 4.54. The highest BCUT2D eigenvalue weighted by molar-refractivity contribution is 7.88. The van der Waals surface area contributed by atoms with Crippen LogP contribution < -0.4 is 0 Å². The Balaban J connectivity index is 1.55. The van der Waals surface area contributed by atoms with Crippen molar-refractivity contribution < 1.29 is 12.8 Å². The van der Waals surface area contributed by atoms with Crippen LogP contribution >= 0.6 is 11.6 Å². The van der Waals surface area contributed by atoms with Crippen LogP contribution in [0.15, 0.2) is 48.5 Å². The third-order valence-corrected chi connectivity index (χ3v) is 6.41. The van der Waals surface area contributed by atoms with Gasteiger partial charge >= 0.3 is 0 Å². The van der Waals surface area contributed by atoms with E-state index in [1.54, 1.807) is 0 Å². The zero-order chi connectivity index (χ0) is 17.9. The molecule has 1 saturated heterocycles. The first-order chi connectivity index (χ1) is 11.9. The van der Waals surface area contributed by atoms with Crippen molar-refractivity contribution in [2.24, 2.45) is 0 Å². The molecule has 2 aromatic carbocycles. The summed E-state index contributed by atoms with van der Waals surface area (Å²) < 4.78 is 39.6. The smallest absolute Gasteiger partial charge is 0.218 e. The molecule has 0 spiro atoms. The van der Waals surface area contributed by atoms with Gasteiger partial charge in [-0.1, -0.05) is 35.9 Å². The molecule has 0 unspecified atom stereocenters. The van der Waals surface area contributed by atoms with Crippen LogP contribution in [0.3, 0.4) is 0 Å². The molecule has 3 rings (SSSR count). The molecule has 0 N–H and O–H groups in total. The van der Waals surface area contributed by atoms with Crippen molar-refractivity contribution in [3.05, 3.63) is 70.5 Å². The Morgan fingerprint density at radius 1 is 0.880 bits per heavy atom. The predicted octanol–water partition coefficient (Wildman–Crippen LogP) is 3.13. The van der Waals surface area contributed by atoms with Crippen molar-refractivity contribution >= 4 is 21.6 Å². The highest BCUT2D eigenvalue weighted by Crippen LogP contribution is 2.16. The summed E-state index contributed by atoms with van der Waals surface area (Å²) >= 11 is 5.89. The van der Waals surface area contributed by atoms with Gasteiger partial charge in [-0.3, -0.25) is 4.90 Å². The number of benzene rings is 2. The van der Waals surface area contributed by atoms with Gasteiger partial charge in [-0.05, 0) is 35.4 Å². The average Bonchev–Trinajstić information content (AvgIpc) is 2.59. The number of hydrogen-bond acceptors (Lipinski definition) is 3. The fourth-order valence-electron chi connectivity index (χ4n) is 2.90. The van der Waals surface area contributed by atoms with Gasteiger partial charge in [-0.25, -0.2) is 12.8 Å². The van der Waals surface area contributed by atoms with Crippen LogP contribution in [-0.4, -0.2) is 43.8 Å². The summed E-state index contributed by atoms with van der Waals surface area (Å²) in [6, 6.07) is 13.3. The van der Waals surface area contributed by atoms with E-state index in [1.807, 2.05) is 24.3 Å². The van der Waals surface area contributed by atoms with E-state index in [4.69, 9.17) is 11.6 Å². The summed E-state index contributed by atoms with van der Waals surface area (Å²) in [6.45, 7) is 3.09. The van der Waals surface area contributed by atoms with Gasteiger partial charge in [-0.15, -0.1) is 0 Å². The van der Waals surface area contributed by atoms with E-state index in [2.05, 4.69) is 4.90 Å². The van der Waals surface area contributed by atoms with Crippen LogP contribution in [0.1, 0.15) is 11.1 Å². The van der Waals surface area contributed by atoms with E-state index >= 15 is 0 Å². The van der Waals surface area contributed by atoms with Crippen LogP contribution in [0, 0.1) is 5.82 Å². The Bertz CT molecular complexity index is 802. The molecule has 0 atom stereocenters. The molecule has 134 valence electrons. The maximum Gasteiger partial charge on any atom is 0.218 e. The van der Waals surface area contributed by atoms with Crippen molar-refractivity contribution in [2.75, 3.05) is 26.2 Å². The molecule has 0 radical (unpaired) electrons. The lowest BCUT2D eigenvalue weighted by Crippen LogP contribution is -2.48. The minimum absolute atomic E-state index is 0.0928. The summed E-state index contributed by atoms with van der Waals surface area (Å²) in [6.07, 6.45) is 0. The molecule has 1 aliphatic rings. The Morgan fingerprint density at radius 3 is 2.04 bits per heavy atom. The van der Waals surface area contributed by atoms with Gasteiger partial charge in [0, 0.05) is 37.7 Å². The van der Waals surface area contributed by atoms with Crippen molar-refractivity contribution in [1.82, 2.24) is 9.21 Å².